The molecule has 5 nitrogen and oxygen atoms in total. The minimum absolute atomic E-state index is 0.158. The fourth-order valence-corrected chi connectivity index (χ4v) is 5.55. The van der Waals surface area contributed by atoms with E-state index >= 15 is 0 Å². The molecular formula is C19H16Cl2N2O3. The average Bonchev–Trinajstić information content (AvgIpc) is 3.39. The summed E-state index contributed by atoms with van der Waals surface area (Å²) in [4.78, 5) is 39.2. The SMILES string of the molecule is O=C(CN1C(=O)[C@@H]2[C@@H]3C=C[C@@H]([C@@H]4C[C@H]34)[C@@H]2C1=O)Nc1ccc(Cl)cc1Cl. The van der Waals surface area contributed by atoms with Gasteiger partial charge in [0.05, 0.1) is 22.5 Å². The highest BCUT2D eigenvalue weighted by Gasteiger charge is 2.67. The minimum Gasteiger partial charge on any atom is -0.323 e. The number of hydrogen-bond acceptors (Lipinski definition) is 3. The van der Waals surface area contributed by atoms with Gasteiger partial charge in [0.25, 0.3) is 0 Å². The van der Waals surface area contributed by atoms with Crippen LogP contribution in [-0.4, -0.2) is 29.2 Å². The van der Waals surface area contributed by atoms with Crippen molar-refractivity contribution in [3.05, 3.63) is 40.4 Å². The van der Waals surface area contributed by atoms with E-state index < -0.39 is 5.91 Å². The van der Waals surface area contributed by atoms with Crippen LogP contribution < -0.4 is 5.32 Å². The summed E-state index contributed by atoms with van der Waals surface area (Å²) in [6.07, 6.45) is 5.34. The van der Waals surface area contributed by atoms with Crippen molar-refractivity contribution in [2.24, 2.45) is 35.5 Å². The molecule has 26 heavy (non-hydrogen) atoms. The van der Waals surface area contributed by atoms with Crippen LogP contribution in [0, 0.1) is 35.5 Å². The van der Waals surface area contributed by atoms with Gasteiger partial charge >= 0.3 is 0 Å². The molecule has 6 rings (SSSR count). The second-order valence-electron chi connectivity index (χ2n) is 7.59. The van der Waals surface area contributed by atoms with Gasteiger partial charge in [-0.2, -0.15) is 0 Å². The molecule has 1 aromatic carbocycles. The molecule has 0 radical (unpaired) electrons. The van der Waals surface area contributed by atoms with Crippen LogP contribution in [0.1, 0.15) is 6.42 Å². The van der Waals surface area contributed by atoms with Crippen molar-refractivity contribution in [3.8, 4) is 0 Å². The molecule has 5 aliphatic rings. The summed E-state index contributed by atoms with van der Waals surface area (Å²) in [7, 11) is 0. The molecule has 7 heteroatoms. The van der Waals surface area contributed by atoms with Crippen LogP contribution in [0.4, 0.5) is 5.69 Å². The highest BCUT2D eigenvalue weighted by Crippen LogP contribution is 2.65. The molecule has 1 saturated heterocycles. The molecule has 6 atom stereocenters. The fourth-order valence-electron chi connectivity index (χ4n) is 5.10. The third kappa shape index (κ3) is 2.26. The molecule has 0 aromatic heterocycles. The van der Waals surface area contributed by atoms with Crippen LogP contribution in [0.2, 0.25) is 10.0 Å². The Hall–Kier alpha value is -1.85. The number of carbonyl (C=O) groups excluding carboxylic acids is 3. The molecule has 2 bridgehead atoms. The first kappa shape index (κ1) is 16.3. The van der Waals surface area contributed by atoms with Gasteiger partial charge in [0.2, 0.25) is 17.7 Å². The van der Waals surface area contributed by atoms with Gasteiger partial charge in [0, 0.05) is 5.02 Å². The third-order valence-corrected chi connectivity index (χ3v) is 6.81. The van der Waals surface area contributed by atoms with Crippen LogP contribution in [0.15, 0.2) is 30.4 Å². The van der Waals surface area contributed by atoms with Gasteiger partial charge in [-0.25, -0.2) is 0 Å². The zero-order valence-electron chi connectivity index (χ0n) is 13.7. The zero-order chi connectivity index (χ0) is 18.2. The molecule has 0 spiro atoms. The largest absolute Gasteiger partial charge is 0.323 e. The summed E-state index contributed by atoms with van der Waals surface area (Å²) in [5.74, 6) is -0.0183. The van der Waals surface area contributed by atoms with Gasteiger partial charge in [0.15, 0.2) is 0 Å². The quantitative estimate of drug-likeness (QED) is 0.637. The number of allylic oxidation sites excluding steroid dienone is 2. The lowest BCUT2D eigenvalue weighted by molar-refractivity contribution is -0.142. The van der Waals surface area contributed by atoms with E-state index in [1.807, 2.05) is 0 Å². The van der Waals surface area contributed by atoms with Crippen molar-refractivity contribution in [3.63, 3.8) is 0 Å². The standard InChI is InChI=1S/C19H16Cl2N2O3/c20-8-1-4-14(13(21)5-8)22-15(24)7-23-18(25)16-9-2-3-10(12-6-11(9)12)17(16)19(23)26/h1-5,9-12,16-17H,6-7H2,(H,22,24)/t9-,10+,11-,12+,16-,17+. The minimum atomic E-state index is -0.444. The summed E-state index contributed by atoms with van der Waals surface area (Å²) >= 11 is 11.9. The lowest BCUT2D eigenvalue weighted by Crippen LogP contribution is -2.40. The van der Waals surface area contributed by atoms with E-state index in [0.717, 1.165) is 11.3 Å². The number of likely N-dealkylation sites (tertiary alicyclic amines) is 1. The second kappa shape index (κ2) is 5.57. The molecule has 1 aliphatic heterocycles. The van der Waals surface area contributed by atoms with Crippen molar-refractivity contribution in [2.75, 3.05) is 11.9 Å². The summed E-state index contributed by atoms with van der Waals surface area (Å²) < 4.78 is 0. The maximum Gasteiger partial charge on any atom is 0.244 e. The summed E-state index contributed by atoms with van der Waals surface area (Å²) in [6.45, 7) is -0.279. The molecule has 3 amide bonds. The topological polar surface area (TPSA) is 66.5 Å². The number of nitrogens with one attached hydrogen (secondary N) is 1. The Balaban J connectivity index is 1.33. The Morgan fingerprint density at radius 1 is 1.08 bits per heavy atom. The molecule has 1 aromatic rings. The van der Waals surface area contributed by atoms with E-state index in [0.29, 0.717) is 27.6 Å². The van der Waals surface area contributed by atoms with Gasteiger partial charge in [-0.1, -0.05) is 35.4 Å². The average molecular weight is 391 g/mol. The molecule has 1 heterocycles. The first-order valence-corrected chi connectivity index (χ1v) is 9.50. The molecular weight excluding hydrogens is 375 g/mol. The van der Waals surface area contributed by atoms with Crippen molar-refractivity contribution < 1.29 is 14.4 Å². The Morgan fingerprint density at radius 3 is 2.27 bits per heavy atom. The molecule has 3 fully saturated rings. The van der Waals surface area contributed by atoms with Crippen LogP contribution in [-0.2, 0) is 14.4 Å². The van der Waals surface area contributed by atoms with Crippen LogP contribution in [0.5, 0.6) is 0 Å². The maximum absolute atomic E-state index is 12.9. The third-order valence-electron chi connectivity index (χ3n) is 6.26. The number of carbonyl (C=O) groups is 3. The smallest absolute Gasteiger partial charge is 0.244 e. The van der Waals surface area contributed by atoms with Crippen LogP contribution >= 0.6 is 23.2 Å². The molecule has 2 saturated carbocycles. The number of nitrogens with zero attached hydrogens (tertiary/aromatic N) is 1. The van der Waals surface area contributed by atoms with Crippen molar-refractivity contribution in [1.82, 2.24) is 4.90 Å². The van der Waals surface area contributed by atoms with E-state index in [4.69, 9.17) is 23.2 Å². The molecule has 0 unspecified atom stereocenters. The number of benzene rings is 1. The van der Waals surface area contributed by atoms with Gasteiger partial charge in [0.1, 0.15) is 6.54 Å². The van der Waals surface area contributed by atoms with E-state index in [1.165, 1.54) is 6.07 Å². The summed E-state index contributed by atoms with van der Waals surface area (Å²) in [6, 6.07) is 4.72. The highest BCUT2D eigenvalue weighted by molar-refractivity contribution is 6.36. The zero-order valence-corrected chi connectivity index (χ0v) is 15.2. The monoisotopic (exact) mass is 390 g/mol. The summed E-state index contributed by atoms with van der Waals surface area (Å²) in [5.41, 5.74) is 0.403. The first-order chi connectivity index (χ1) is 12.5. The predicted octanol–water partition coefficient (Wildman–Crippen LogP) is 2.99. The number of amides is 3. The van der Waals surface area contributed by atoms with Crippen LogP contribution in [0.25, 0.3) is 0 Å². The Bertz CT molecular complexity index is 848. The number of imide groups is 1. The van der Waals surface area contributed by atoms with E-state index in [2.05, 4.69) is 17.5 Å². The highest BCUT2D eigenvalue weighted by atomic mass is 35.5. The number of rotatable bonds is 3. The van der Waals surface area contributed by atoms with E-state index in [1.54, 1.807) is 12.1 Å². The van der Waals surface area contributed by atoms with Crippen molar-refractivity contribution in [1.29, 1.82) is 0 Å². The molecule has 134 valence electrons. The maximum atomic E-state index is 12.9. The Labute approximate surface area is 160 Å². The van der Waals surface area contributed by atoms with Gasteiger partial charge in [-0.05, 0) is 48.3 Å². The number of hydrogen-bond donors (Lipinski definition) is 1. The van der Waals surface area contributed by atoms with Gasteiger partial charge < -0.3 is 5.32 Å². The number of anilines is 1. The van der Waals surface area contributed by atoms with E-state index in [-0.39, 0.29) is 42.0 Å². The predicted molar refractivity (Wildman–Crippen MR) is 96.5 cm³/mol. The van der Waals surface area contributed by atoms with Gasteiger partial charge in [-0.15, -0.1) is 0 Å². The summed E-state index contributed by atoms with van der Waals surface area (Å²) in [5, 5.41) is 3.42. The Morgan fingerprint density at radius 2 is 1.69 bits per heavy atom. The first-order valence-electron chi connectivity index (χ1n) is 8.74. The normalized spacial score (nSPS) is 36.2. The molecule has 4 aliphatic carbocycles. The van der Waals surface area contributed by atoms with Gasteiger partial charge in [-0.3, -0.25) is 19.3 Å². The fraction of sp³-hybridized carbons (Fsp3) is 0.421. The van der Waals surface area contributed by atoms with Crippen molar-refractivity contribution >= 4 is 46.6 Å². The van der Waals surface area contributed by atoms with Crippen molar-refractivity contribution in [2.45, 2.75) is 6.42 Å². The lowest BCUT2D eigenvalue weighted by atomic mass is 9.63. The lowest BCUT2D eigenvalue weighted by Gasteiger charge is -2.37. The number of halogens is 2. The second-order valence-corrected chi connectivity index (χ2v) is 8.43. The van der Waals surface area contributed by atoms with E-state index in [9.17, 15) is 14.4 Å². The Kier molecular flexibility index (Phi) is 3.50. The molecule has 1 N–H and O–H groups in total. The van der Waals surface area contributed by atoms with Crippen LogP contribution in [0.3, 0.4) is 0 Å².